The van der Waals surface area contributed by atoms with Gasteiger partial charge in [-0.05, 0) is 102 Å². The average Bonchev–Trinajstić information content (AvgIpc) is 3.93. The molecule has 0 radical (unpaired) electrons. The van der Waals surface area contributed by atoms with Crippen LogP contribution >= 0.6 is 56.9 Å². The number of allylic oxidation sites excluding steroid dienone is 1. The van der Waals surface area contributed by atoms with Crippen molar-refractivity contribution in [2.24, 2.45) is 16.1 Å². The first kappa shape index (κ1) is 48.7. The molecule has 0 saturated carbocycles. The second-order valence-corrected chi connectivity index (χ2v) is 18.4. The molecule has 5 aromatic rings. The summed E-state index contributed by atoms with van der Waals surface area (Å²) in [7, 11) is 2.99. The SMILES string of the molecule is CCC(C)CC(=O)Oc1ccc(/N=N/c2ccc(OC(=O)CC(CO[N+](=O)[O-])O[N+](=O)[O-])c(C(=O)Oc3ccc(C4=CC(=S)CS4)cc3)c2)cc1C(=O)Oc1ccc(-c2cc(=S)ss2)cc1. The van der Waals surface area contributed by atoms with E-state index in [1.165, 1.54) is 57.1 Å². The van der Waals surface area contributed by atoms with E-state index in [2.05, 4.69) is 19.9 Å². The zero-order valence-corrected chi connectivity index (χ0v) is 38.6. The van der Waals surface area contributed by atoms with Crippen molar-refractivity contribution < 1.29 is 58.0 Å². The number of benzene rings is 4. The van der Waals surface area contributed by atoms with Gasteiger partial charge in [0.05, 0.1) is 17.8 Å². The van der Waals surface area contributed by atoms with Crippen LogP contribution in [0.4, 0.5) is 11.4 Å². The van der Waals surface area contributed by atoms with Crippen LogP contribution in [0.3, 0.4) is 0 Å². The number of thiocarbonyl (C=S) groups is 1. The molecule has 0 aliphatic carbocycles. The Balaban J connectivity index is 1.27. The Morgan fingerprint density at radius 2 is 1.26 bits per heavy atom. The third-order valence-corrected chi connectivity index (χ3v) is 13.6. The van der Waals surface area contributed by atoms with E-state index in [1.807, 2.05) is 26.0 Å². The lowest BCUT2D eigenvalue weighted by Crippen LogP contribution is -2.29. The lowest BCUT2D eigenvalue weighted by molar-refractivity contribution is -0.789. The Labute approximate surface area is 396 Å². The Bertz CT molecular complexity index is 2790. The molecule has 1 aliphatic heterocycles. The molecule has 2 atom stereocenters. The molecule has 0 fully saturated rings. The molecule has 4 aromatic carbocycles. The van der Waals surface area contributed by atoms with Crippen molar-refractivity contribution in [3.8, 4) is 33.4 Å². The minimum Gasteiger partial charge on any atom is -0.426 e. The standard InChI is InChI=1S/C43H34N4O14S5/c1-3-24(2)16-39(48)59-35-14-8-27(17-33(35)42(50)58-30-12-6-26(7-13-30)38-21-41(63)66-65-38)44-45-28-9-15-36(60-40(49)19-31(61-47(54)55)22-56-46(52)53)34(18-28)43(51)57-29-10-4-25(5-11-29)37-20-32(62)23-64-37/h4-15,17-18,20-21,24,31H,3,16,19,22-23H2,1-2H3/b45-44+. The summed E-state index contributed by atoms with van der Waals surface area (Å²) in [4.78, 5) is 86.1. The van der Waals surface area contributed by atoms with Crippen molar-refractivity contribution in [2.75, 3.05) is 12.4 Å². The fourth-order valence-electron chi connectivity index (χ4n) is 5.72. The third-order valence-electron chi connectivity index (χ3n) is 9.13. The number of ether oxygens (including phenoxy) is 4. The van der Waals surface area contributed by atoms with Gasteiger partial charge in [-0.25, -0.2) is 9.59 Å². The highest BCUT2D eigenvalue weighted by atomic mass is 32.9. The highest BCUT2D eigenvalue weighted by Crippen LogP contribution is 2.35. The molecule has 18 nitrogen and oxygen atoms in total. The number of nitrogens with zero attached hydrogens (tertiary/aromatic N) is 4. The highest BCUT2D eigenvalue weighted by molar-refractivity contribution is 8.10. The average molecular weight is 991 g/mol. The van der Waals surface area contributed by atoms with E-state index in [4.69, 9.17) is 43.4 Å². The first-order valence-electron chi connectivity index (χ1n) is 19.4. The Kier molecular flexibility index (Phi) is 16.9. The maximum Gasteiger partial charge on any atom is 0.347 e. The zero-order valence-electron chi connectivity index (χ0n) is 34.5. The summed E-state index contributed by atoms with van der Waals surface area (Å²) < 4.78 is 23.0. The number of hydrogen-bond acceptors (Lipinski definition) is 21. The van der Waals surface area contributed by atoms with E-state index >= 15 is 0 Å². The van der Waals surface area contributed by atoms with E-state index in [9.17, 15) is 39.4 Å². The molecule has 1 aromatic heterocycles. The van der Waals surface area contributed by atoms with Gasteiger partial charge in [0.15, 0.2) is 0 Å². The van der Waals surface area contributed by atoms with E-state index in [0.717, 1.165) is 36.0 Å². The van der Waals surface area contributed by atoms with Gasteiger partial charge in [0, 0.05) is 26.8 Å². The highest BCUT2D eigenvalue weighted by Gasteiger charge is 2.25. The molecule has 0 bridgehead atoms. The molecule has 66 heavy (non-hydrogen) atoms. The molecular formula is C43H34N4O14S5. The number of thioether (sulfide) groups is 1. The monoisotopic (exact) mass is 990 g/mol. The smallest absolute Gasteiger partial charge is 0.347 e. The van der Waals surface area contributed by atoms with Gasteiger partial charge in [-0.3, -0.25) is 9.59 Å². The van der Waals surface area contributed by atoms with Crippen LogP contribution in [-0.2, 0) is 19.3 Å². The number of hydrogen-bond donors (Lipinski definition) is 0. The summed E-state index contributed by atoms with van der Waals surface area (Å²) in [6.07, 6.45) is 0.0677. The molecule has 0 N–H and O–H groups in total. The van der Waals surface area contributed by atoms with Crippen molar-refractivity contribution in [1.29, 1.82) is 0 Å². The molecule has 2 unspecified atom stereocenters. The summed E-state index contributed by atoms with van der Waals surface area (Å²) in [5.74, 6) is -3.06. The van der Waals surface area contributed by atoms with Crippen LogP contribution in [0.2, 0.25) is 0 Å². The van der Waals surface area contributed by atoms with Crippen molar-refractivity contribution in [1.82, 2.24) is 0 Å². The quantitative estimate of drug-likeness (QED) is 0.0134. The van der Waals surface area contributed by atoms with Crippen LogP contribution in [0.1, 0.15) is 59.4 Å². The molecule has 1 aliphatic rings. The second-order valence-electron chi connectivity index (χ2n) is 14.0. The van der Waals surface area contributed by atoms with Gasteiger partial charge in [-0.2, -0.15) is 10.2 Å². The predicted octanol–water partition coefficient (Wildman–Crippen LogP) is 10.9. The summed E-state index contributed by atoms with van der Waals surface area (Å²) in [6.45, 7) is 2.85. The van der Waals surface area contributed by atoms with Crippen LogP contribution in [0.5, 0.6) is 23.0 Å². The van der Waals surface area contributed by atoms with Crippen molar-refractivity contribution in [3.63, 3.8) is 0 Å². The van der Waals surface area contributed by atoms with E-state index < -0.39 is 53.2 Å². The zero-order chi connectivity index (χ0) is 47.3. The predicted molar refractivity (Wildman–Crippen MR) is 250 cm³/mol. The first-order valence-corrected chi connectivity index (χ1v) is 23.4. The molecule has 0 saturated heterocycles. The molecule has 340 valence electrons. The first-order chi connectivity index (χ1) is 31.6. The van der Waals surface area contributed by atoms with E-state index in [1.54, 1.807) is 60.3 Å². The van der Waals surface area contributed by atoms with Gasteiger partial charge >= 0.3 is 23.9 Å². The largest absolute Gasteiger partial charge is 0.426 e. The molecule has 6 rings (SSSR count). The number of carbonyl (C=O) groups excluding carboxylic acids is 4. The molecule has 2 heterocycles. The van der Waals surface area contributed by atoms with Crippen LogP contribution in [0.25, 0.3) is 15.3 Å². The van der Waals surface area contributed by atoms with Crippen molar-refractivity contribution >= 4 is 102 Å². The molecule has 0 amide bonds. The van der Waals surface area contributed by atoms with Crippen LogP contribution in [0.15, 0.2) is 107 Å². The molecule has 23 heteroatoms. The Morgan fingerprint density at radius 3 is 1.73 bits per heavy atom. The molecular weight excluding hydrogens is 957 g/mol. The fraction of sp³-hybridized carbons (Fsp3) is 0.209. The number of carbonyl (C=O) groups is 4. The minimum atomic E-state index is -1.74. The van der Waals surface area contributed by atoms with E-state index in [0.29, 0.717) is 5.75 Å². The summed E-state index contributed by atoms with van der Waals surface area (Å²) in [5.41, 5.74) is 1.35. The Hall–Kier alpha value is -6.79. The lowest BCUT2D eigenvalue weighted by Gasteiger charge is -2.14. The van der Waals surface area contributed by atoms with Crippen LogP contribution < -0.4 is 18.9 Å². The number of azo groups is 1. The topological polar surface area (TPSA) is 235 Å². The Morgan fingerprint density at radius 1 is 0.712 bits per heavy atom. The summed E-state index contributed by atoms with van der Waals surface area (Å²) in [6, 6.07) is 23.0. The third kappa shape index (κ3) is 14.1. The maximum absolute atomic E-state index is 13.7. The minimum absolute atomic E-state index is 0.0198. The van der Waals surface area contributed by atoms with E-state index in [-0.39, 0.29) is 57.8 Å². The van der Waals surface area contributed by atoms with Gasteiger partial charge in [0.25, 0.3) is 10.2 Å². The number of rotatable bonds is 20. The van der Waals surface area contributed by atoms with Crippen LogP contribution in [-0.4, -0.2) is 57.4 Å². The summed E-state index contributed by atoms with van der Waals surface area (Å²) in [5, 5.41) is 27.6. The maximum atomic E-state index is 13.7. The normalized spacial score (nSPS) is 13.0. The van der Waals surface area contributed by atoms with Gasteiger partial charge in [0.1, 0.15) is 50.7 Å². The van der Waals surface area contributed by atoms with Gasteiger partial charge in [-0.15, -0.1) is 32.0 Å². The van der Waals surface area contributed by atoms with Crippen LogP contribution in [0, 0.1) is 30.0 Å². The van der Waals surface area contributed by atoms with Gasteiger partial charge < -0.3 is 28.6 Å². The van der Waals surface area contributed by atoms with Gasteiger partial charge in [0.2, 0.25) is 0 Å². The van der Waals surface area contributed by atoms with Crippen molar-refractivity contribution in [3.05, 3.63) is 138 Å². The number of esters is 4. The lowest BCUT2D eigenvalue weighted by atomic mass is 10.1. The fourth-order valence-corrected chi connectivity index (χ4v) is 9.41. The summed E-state index contributed by atoms with van der Waals surface area (Å²) >= 11 is 12.1. The van der Waals surface area contributed by atoms with Gasteiger partial charge in [-0.1, -0.05) is 77.5 Å². The van der Waals surface area contributed by atoms with Crippen molar-refractivity contribution in [2.45, 2.75) is 39.2 Å². The molecule has 0 spiro atoms. The second kappa shape index (κ2) is 22.9.